The zero-order valence-electron chi connectivity index (χ0n) is 10.5. The molecule has 0 radical (unpaired) electrons. The molecule has 1 aromatic heterocycles. The largest absolute Gasteiger partial charge is 0.330 e. The van der Waals surface area contributed by atoms with Crippen molar-refractivity contribution in [1.82, 2.24) is 9.78 Å². The van der Waals surface area contributed by atoms with Gasteiger partial charge < -0.3 is 5.73 Å². The maximum Gasteiger partial charge on any atom is 0.123 e. The van der Waals surface area contributed by atoms with Crippen LogP contribution in [0.5, 0.6) is 0 Å². The highest BCUT2D eigenvalue weighted by molar-refractivity contribution is 5.21. The molecule has 4 heteroatoms. The van der Waals surface area contributed by atoms with Gasteiger partial charge in [0.2, 0.25) is 0 Å². The molecule has 1 unspecified atom stereocenters. The van der Waals surface area contributed by atoms with E-state index in [0.29, 0.717) is 6.54 Å². The second-order valence-corrected chi connectivity index (χ2v) is 4.47. The van der Waals surface area contributed by atoms with Crippen LogP contribution in [0, 0.1) is 5.82 Å². The summed E-state index contributed by atoms with van der Waals surface area (Å²) in [5, 5.41) is 4.13. The summed E-state index contributed by atoms with van der Waals surface area (Å²) in [5.74, 6) is -0.0120. The number of hydrogen-bond acceptors (Lipinski definition) is 2. The van der Waals surface area contributed by atoms with Gasteiger partial charge >= 0.3 is 0 Å². The van der Waals surface area contributed by atoms with Gasteiger partial charge in [0.25, 0.3) is 0 Å². The standard InChI is InChI=1S/C14H18FN3/c1-18-14(7-8-17-18)6-5-12(10-16)11-3-2-4-13(15)9-11/h2-4,7-9,12H,5-6,10,16H2,1H3. The molecule has 0 aliphatic carbocycles. The fraction of sp³-hybridized carbons (Fsp3) is 0.357. The first-order valence-corrected chi connectivity index (χ1v) is 6.13. The SMILES string of the molecule is Cn1nccc1CCC(CN)c1cccc(F)c1. The fourth-order valence-electron chi connectivity index (χ4n) is 2.15. The summed E-state index contributed by atoms with van der Waals surface area (Å²) in [6.45, 7) is 0.529. The van der Waals surface area contributed by atoms with Crippen LogP contribution in [0.25, 0.3) is 0 Å². The summed E-state index contributed by atoms with van der Waals surface area (Å²) in [6, 6.07) is 8.69. The molecule has 0 amide bonds. The van der Waals surface area contributed by atoms with Crippen molar-refractivity contribution in [2.24, 2.45) is 12.8 Å². The third-order valence-corrected chi connectivity index (χ3v) is 3.28. The van der Waals surface area contributed by atoms with Gasteiger partial charge in [-0.2, -0.15) is 5.10 Å². The Kier molecular flexibility index (Phi) is 4.10. The third kappa shape index (κ3) is 2.96. The minimum Gasteiger partial charge on any atom is -0.330 e. The lowest BCUT2D eigenvalue weighted by Gasteiger charge is -2.15. The quantitative estimate of drug-likeness (QED) is 0.880. The molecule has 0 spiro atoms. The number of benzene rings is 1. The van der Waals surface area contributed by atoms with E-state index in [2.05, 4.69) is 5.10 Å². The molecule has 1 aromatic carbocycles. The van der Waals surface area contributed by atoms with Gasteiger partial charge in [-0.15, -0.1) is 0 Å². The second-order valence-electron chi connectivity index (χ2n) is 4.47. The van der Waals surface area contributed by atoms with E-state index in [4.69, 9.17) is 5.73 Å². The number of nitrogens with zero attached hydrogens (tertiary/aromatic N) is 2. The van der Waals surface area contributed by atoms with Crippen LogP contribution in [0.1, 0.15) is 23.6 Å². The van der Waals surface area contributed by atoms with Crippen molar-refractivity contribution in [3.8, 4) is 0 Å². The summed E-state index contributed by atoms with van der Waals surface area (Å²) in [5.41, 5.74) is 7.93. The Balaban J connectivity index is 2.04. The van der Waals surface area contributed by atoms with Crippen LogP contribution >= 0.6 is 0 Å². The number of halogens is 1. The van der Waals surface area contributed by atoms with E-state index in [1.54, 1.807) is 18.3 Å². The molecule has 2 rings (SSSR count). The Morgan fingerprint density at radius 1 is 1.39 bits per heavy atom. The van der Waals surface area contributed by atoms with Gasteiger partial charge in [-0.3, -0.25) is 4.68 Å². The lowest BCUT2D eigenvalue weighted by Crippen LogP contribution is -2.14. The first-order chi connectivity index (χ1) is 8.70. The number of aryl methyl sites for hydroxylation is 2. The van der Waals surface area contributed by atoms with Gasteiger partial charge in [-0.05, 0) is 49.1 Å². The number of aromatic nitrogens is 2. The van der Waals surface area contributed by atoms with Crippen molar-refractivity contribution in [2.75, 3.05) is 6.54 Å². The topological polar surface area (TPSA) is 43.8 Å². The highest BCUT2D eigenvalue weighted by atomic mass is 19.1. The Labute approximate surface area is 106 Å². The van der Waals surface area contributed by atoms with Crippen molar-refractivity contribution in [3.63, 3.8) is 0 Å². The normalized spacial score (nSPS) is 12.6. The van der Waals surface area contributed by atoms with Crippen LogP contribution in [-0.4, -0.2) is 16.3 Å². The molecule has 3 nitrogen and oxygen atoms in total. The van der Waals surface area contributed by atoms with Crippen LogP contribution in [-0.2, 0) is 13.5 Å². The minimum absolute atomic E-state index is 0.190. The summed E-state index contributed by atoms with van der Waals surface area (Å²) >= 11 is 0. The average molecular weight is 247 g/mol. The molecule has 0 fully saturated rings. The van der Waals surface area contributed by atoms with Gasteiger partial charge in [0.05, 0.1) is 0 Å². The Morgan fingerprint density at radius 3 is 2.83 bits per heavy atom. The summed E-state index contributed by atoms with van der Waals surface area (Å²) in [7, 11) is 1.93. The molecule has 18 heavy (non-hydrogen) atoms. The molecule has 0 aliphatic heterocycles. The van der Waals surface area contributed by atoms with Gasteiger partial charge in [0, 0.05) is 18.9 Å². The molecule has 0 saturated carbocycles. The highest BCUT2D eigenvalue weighted by Gasteiger charge is 2.11. The van der Waals surface area contributed by atoms with E-state index in [-0.39, 0.29) is 11.7 Å². The maximum absolute atomic E-state index is 13.2. The molecular weight excluding hydrogens is 229 g/mol. The molecule has 0 bridgehead atoms. The lowest BCUT2D eigenvalue weighted by molar-refractivity contribution is 0.589. The highest BCUT2D eigenvalue weighted by Crippen LogP contribution is 2.21. The number of rotatable bonds is 5. The van der Waals surface area contributed by atoms with Gasteiger partial charge in [0.15, 0.2) is 0 Å². The molecule has 96 valence electrons. The lowest BCUT2D eigenvalue weighted by atomic mass is 9.93. The monoisotopic (exact) mass is 247 g/mol. The zero-order valence-corrected chi connectivity index (χ0v) is 10.5. The molecule has 1 heterocycles. The van der Waals surface area contributed by atoms with Crippen LogP contribution in [0.3, 0.4) is 0 Å². The van der Waals surface area contributed by atoms with Crippen molar-refractivity contribution in [3.05, 3.63) is 53.6 Å². The summed E-state index contributed by atoms with van der Waals surface area (Å²) < 4.78 is 15.0. The predicted octanol–water partition coefficient (Wildman–Crippen LogP) is 2.23. The van der Waals surface area contributed by atoms with Crippen LogP contribution in [0.4, 0.5) is 4.39 Å². The molecule has 2 N–H and O–H groups in total. The van der Waals surface area contributed by atoms with Crippen molar-refractivity contribution in [2.45, 2.75) is 18.8 Å². The number of hydrogen-bond donors (Lipinski definition) is 1. The first kappa shape index (κ1) is 12.8. The van der Waals surface area contributed by atoms with Crippen LogP contribution in [0.15, 0.2) is 36.5 Å². The molecule has 1 atom stereocenters. The summed E-state index contributed by atoms with van der Waals surface area (Å²) in [4.78, 5) is 0. The molecule has 2 aromatic rings. The van der Waals surface area contributed by atoms with Crippen LogP contribution < -0.4 is 5.73 Å². The van der Waals surface area contributed by atoms with E-state index in [1.807, 2.05) is 23.9 Å². The van der Waals surface area contributed by atoms with E-state index >= 15 is 0 Å². The molecule has 0 aliphatic rings. The van der Waals surface area contributed by atoms with Crippen molar-refractivity contribution < 1.29 is 4.39 Å². The van der Waals surface area contributed by atoms with E-state index in [0.717, 1.165) is 18.4 Å². The van der Waals surface area contributed by atoms with Gasteiger partial charge in [-0.25, -0.2) is 4.39 Å². The van der Waals surface area contributed by atoms with Crippen LogP contribution in [0.2, 0.25) is 0 Å². The Bertz CT molecular complexity index is 507. The third-order valence-electron chi connectivity index (χ3n) is 3.28. The fourth-order valence-corrected chi connectivity index (χ4v) is 2.15. The van der Waals surface area contributed by atoms with E-state index < -0.39 is 0 Å². The van der Waals surface area contributed by atoms with Crippen molar-refractivity contribution >= 4 is 0 Å². The Hall–Kier alpha value is -1.68. The zero-order chi connectivity index (χ0) is 13.0. The van der Waals surface area contributed by atoms with Gasteiger partial charge in [0.1, 0.15) is 5.82 Å². The molecular formula is C14H18FN3. The number of nitrogens with two attached hydrogens (primary N) is 1. The van der Waals surface area contributed by atoms with E-state index in [9.17, 15) is 4.39 Å². The van der Waals surface area contributed by atoms with Gasteiger partial charge in [-0.1, -0.05) is 12.1 Å². The minimum atomic E-state index is -0.202. The maximum atomic E-state index is 13.2. The summed E-state index contributed by atoms with van der Waals surface area (Å²) in [6.07, 6.45) is 3.59. The second kappa shape index (κ2) is 5.78. The van der Waals surface area contributed by atoms with E-state index in [1.165, 1.54) is 11.8 Å². The average Bonchev–Trinajstić information content (AvgIpc) is 2.76. The molecule has 0 saturated heterocycles. The van der Waals surface area contributed by atoms with Crippen molar-refractivity contribution in [1.29, 1.82) is 0 Å². The first-order valence-electron chi connectivity index (χ1n) is 6.13. The smallest absolute Gasteiger partial charge is 0.123 e. The Morgan fingerprint density at radius 2 is 2.22 bits per heavy atom. The predicted molar refractivity (Wildman–Crippen MR) is 69.7 cm³/mol.